The molecular weight excluding hydrogens is 288 g/mol. The summed E-state index contributed by atoms with van der Waals surface area (Å²) in [5.74, 6) is -0.149. The molecule has 0 saturated carbocycles. The minimum Gasteiger partial charge on any atom is -0.354 e. The van der Waals surface area contributed by atoms with E-state index in [-0.39, 0.29) is 23.4 Å². The number of amides is 1. The van der Waals surface area contributed by atoms with Gasteiger partial charge in [0, 0.05) is 18.8 Å². The van der Waals surface area contributed by atoms with E-state index in [2.05, 4.69) is 50.4 Å². The summed E-state index contributed by atoms with van der Waals surface area (Å²) in [5.41, 5.74) is 2.47. The minimum atomic E-state index is -0.166. The van der Waals surface area contributed by atoms with Gasteiger partial charge >= 0.3 is 0 Å². The van der Waals surface area contributed by atoms with Gasteiger partial charge in [0.15, 0.2) is 0 Å². The van der Waals surface area contributed by atoms with E-state index >= 15 is 0 Å². The second-order valence-corrected chi connectivity index (χ2v) is 6.71. The van der Waals surface area contributed by atoms with Crippen LogP contribution in [0.2, 0.25) is 0 Å². The molecule has 0 radical (unpaired) electrons. The van der Waals surface area contributed by atoms with E-state index in [1.807, 2.05) is 0 Å². The summed E-state index contributed by atoms with van der Waals surface area (Å²) in [4.78, 5) is 23.4. The molecule has 0 fully saturated rings. The quantitative estimate of drug-likeness (QED) is 0.922. The minimum absolute atomic E-state index is 0.0582. The molecule has 1 heterocycles. The molecule has 122 valence electrons. The molecular formula is C19H24N2O2. The molecule has 1 aromatic carbocycles. The van der Waals surface area contributed by atoms with Gasteiger partial charge in [0.2, 0.25) is 5.91 Å². The molecule has 0 unspecified atom stereocenters. The molecule has 23 heavy (non-hydrogen) atoms. The van der Waals surface area contributed by atoms with Crippen molar-refractivity contribution in [3.63, 3.8) is 0 Å². The lowest BCUT2D eigenvalue weighted by atomic mass is 9.86. The third kappa shape index (κ3) is 5.09. The molecule has 4 heteroatoms. The maximum Gasteiger partial charge on any atom is 0.250 e. The summed E-state index contributed by atoms with van der Waals surface area (Å²) in [5, 5.41) is 2.85. The van der Waals surface area contributed by atoms with Gasteiger partial charge in [-0.3, -0.25) is 9.59 Å². The maximum absolute atomic E-state index is 11.9. The van der Waals surface area contributed by atoms with Crippen LogP contribution in [0.3, 0.4) is 0 Å². The number of pyridine rings is 1. The van der Waals surface area contributed by atoms with Crippen LogP contribution in [-0.2, 0) is 23.2 Å². The molecule has 0 bridgehead atoms. The maximum atomic E-state index is 11.9. The second kappa shape index (κ2) is 7.27. The van der Waals surface area contributed by atoms with Gasteiger partial charge in [0.1, 0.15) is 6.54 Å². The molecule has 0 aliphatic carbocycles. The molecule has 0 saturated heterocycles. The average Bonchev–Trinajstić information content (AvgIpc) is 2.49. The highest BCUT2D eigenvalue weighted by Crippen LogP contribution is 2.22. The summed E-state index contributed by atoms with van der Waals surface area (Å²) in [6.07, 6.45) is 2.40. The Hall–Kier alpha value is -2.36. The molecule has 0 aliphatic rings. The Bertz CT molecular complexity index is 709. The fourth-order valence-electron chi connectivity index (χ4n) is 2.32. The number of rotatable bonds is 5. The molecule has 4 nitrogen and oxygen atoms in total. The highest BCUT2D eigenvalue weighted by Gasteiger charge is 2.12. The lowest BCUT2D eigenvalue weighted by Gasteiger charge is -2.19. The van der Waals surface area contributed by atoms with E-state index in [1.54, 1.807) is 18.3 Å². The van der Waals surface area contributed by atoms with Crippen molar-refractivity contribution in [1.29, 1.82) is 0 Å². The Morgan fingerprint density at radius 1 is 1.09 bits per heavy atom. The van der Waals surface area contributed by atoms with Crippen molar-refractivity contribution in [3.05, 3.63) is 70.1 Å². The molecule has 2 aromatic rings. The standard InChI is InChI=1S/C19H24N2O2/c1-19(2,3)16-9-7-15(8-10-16)11-12-20-17(22)14-21-13-5-4-6-18(21)23/h4-10,13H,11-12,14H2,1-3H3,(H,20,22). The van der Waals surface area contributed by atoms with Crippen LogP contribution in [0.4, 0.5) is 0 Å². The van der Waals surface area contributed by atoms with Crippen LogP contribution >= 0.6 is 0 Å². The first kappa shape index (κ1) is 17.0. The first-order chi connectivity index (χ1) is 10.9. The van der Waals surface area contributed by atoms with Crippen LogP contribution in [0.15, 0.2) is 53.5 Å². The third-order valence-corrected chi connectivity index (χ3v) is 3.77. The topological polar surface area (TPSA) is 51.1 Å². The van der Waals surface area contributed by atoms with Gasteiger partial charge in [0.05, 0.1) is 0 Å². The number of carbonyl (C=O) groups is 1. The predicted molar refractivity (Wildman–Crippen MR) is 92.6 cm³/mol. The molecule has 1 aromatic heterocycles. The van der Waals surface area contributed by atoms with E-state index in [1.165, 1.54) is 21.8 Å². The summed E-state index contributed by atoms with van der Waals surface area (Å²) >= 11 is 0. The Labute approximate surface area is 137 Å². The number of aromatic nitrogens is 1. The van der Waals surface area contributed by atoms with Crippen molar-refractivity contribution in [2.75, 3.05) is 6.54 Å². The smallest absolute Gasteiger partial charge is 0.250 e. The van der Waals surface area contributed by atoms with E-state index in [0.717, 1.165) is 6.42 Å². The van der Waals surface area contributed by atoms with Crippen LogP contribution < -0.4 is 10.9 Å². The van der Waals surface area contributed by atoms with Crippen molar-refractivity contribution in [3.8, 4) is 0 Å². The zero-order valence-electron chi connectivity index (χ0n) is 14.0. The Morgan fingerprint density at radius 2 is 1.78 bits per heavy atom. The van der Waals surface area contributed by atoms with Gasteiger partial charge in [-0.15, -0.1) is 0 Å². The first-order valence-electron chi connectivity index (χ1n) is 7.88. The van der Waals surface area contributed by atoms with Crippen molar-refractivity contribution < 1.29 is 4.79 Å². The fraction of sp³-hybridized carbons (Fsp3) is 0.368. The number of carbonyl (C=O) groups excluding carboxylic acids is 1. The Kier molecular flexibility index (Phi) is 5.37. The lowest BCUT2D eigenvalue weighted by Crippen LogP contribution is -2.32. The van der Waals surface area contributed by atoms with Crippen molar-refractivity contribution in [2.45, 2.75) is 39.2 Å². The van der Waals surface area contributed by atoms with E-state index < -0.39 is 0 Å². The zero-order valence-corrected chi connectivity index (χ0v) is 14.0. The number of benzene rings is 1. The lowest BCUT2D eigenvalue weighted by molar-refractivity contribution is -0.121. The largest absolute Gasteiger partial charge is 0.354 e. The number of hydrogen-bond acceptors (Lipinski definition) is 2. The van der Waals surface area contributed by atoms with Crippen LogP contribution in [0.5, 0.6) is 0 Å². The highest BCUT2D eigenvalue weighted by molar-refractivity contribution is 5.75. The first-order valence-corrected chi connectivity index (χ1v) is 7.88. The van der Waals surface area contributed by atoms with Crippen LogP contribution in [0.1, 0.15) is 31.9 Å². The summed E-state index contributed by atoms with van der Waals surface area (Å²) in [7, 11) is 0. The normalized spacial score (nSPS) is 11.3. The average molecular weight is 312 g/mol. The van der Waals surface area contributed by atoms with E-state index in [0.29, 0.717) is 6.54 Å². The third-order valence-electron chi connectivity index (χ3n) is 3.77. The van der Waals surface area contributed by atoms with Crippen molar-refractivity contribution >= 4 is 5.91 Å². The summed E-state index contributed by atoms with van der Waals surface area (Å²) < 4.78 is 1.40. The fourth-order valence-corrected chi connectivity index (χ4v) is 2.32. The van der Waals surface area contributed by atoms with Gasteiger partial charge in [-0.05, 0) is 29.0 Å². The number of nitrogens with one attached hydrogen (secondary N) is 1. The van der Waals surface area contributed by atoms with Crippen LogP contribution in [-0.4, -0.2) is 17.0 Å². The van der Waals surface area contributed by atoms with Gasteiger partial charge in [-0.1, -0.05) is 51.1 Å². The number of nitrogens with zero attached hydrogens (tertiary/aromatic N) is 1. The summed E-state index contributed by atoms with van der Waals surface area (Å²) in [6, 6.07) is 13.3. The number of hydrogen-bond donors (Lipinski definition) is 1. The van der Waals surface area contributed by atoms with Crippen molar-refractivity contribution in [2.24, 2.45) is 0 Å². The molecule has 0 atom stereocenters. The zero-order chi connectivity index (χ0) is 16.9. The van der Waals surface area contributed by atoms with Gasteiger partial charge < -0.3 is 9.88 Å². The molecule has 0 aliphatic heterocycles. The van der Waals surface area contributed by atoms with Crippen LogP contribution in [0.25, 0.3) is 0 Å². The molecule has 1 N–H and O–H groups in total. The second-order valence-electron chi connectivity index (χ2n) is 6.71. The molecule has 2 rings (SSSR count). The Balaban J connectivity index is 1.82. The summed E-state index contributed by atoms with van der Waals surface area (Å²) in [6.45, 7) is 7.19. The van der Waals surface area contributed by atoms with E-state index in [4.69, 9.17) is 0 Å². The molecule has 1 amide bonds. The van der Waals surface area contributed by atoms with Gasteiger partial charge in [0.25, 0.3) is 5.56 Å². The predicted octanol–water partition coefficient (Wildman–Crippen LogP) is 2.50. The SMILES string of the molecule is CC(C)(C)c1ccc(CCNC(=O)Cn2ccccc2=O)cc1. The highest BCUT2D eigenvalue weighted by atomic mass is 16.2. The van der Waals surface area contributed by atoms with Gasteiger partial charge in [-0.25, -0.2) is 0 Å². The van der Waals surface area contributed by atoms with Crippen LogP contribution in [0, 0.1) is 0 Å². The monoisotopic (exact) mass is 312 g/mol. The van der Waals surface area contributed by atoms with E-state index in [9.17, 15) is 9.59 Å². The van der Waals surface area contributed by atoms with Gasteiger partial charge in [-0.2, -0.15) is 0 Å². The van der Waals surface area contributed by atoms with Crippen molar-refractivity contribution in [1.82, 2.24) is 9.88 Å². The molecule has 0 spiro atoms. The Morgan fingerprint density at radius 3 is 2.39 bits per heavy atom.